The molecule has 8 nitrogen and oxygen atoms in total. The summed E-state index contributed by atoms with van der Waals surface area (Å²) in [5, 5.41) is 3.14. The van der Waals surface area contributed by atoms with Gasteiger partial charge < -0.3 is 19.9 Å². The maximum atomic E-state index is 13.1. The molecule has 1 saturated heterocycles. The number of rotatable bonds is 5. The summed E-state index contributed by atoms with van der Waals surface area (Å²) in [4.78, 5) is 38.0. The monoisotopic (exact) mass is 441 g/mol. The molecule has 32 heavy (non-hydrogen) atoms. The smallest absolute Gasteiger partial charge is 0.261 e. The lowest BCUT2D eigenvalue weighted by Crippen LogP contribution is -2.42. The first-order valence-electron chi connectivity index (χ1n) is 11.0. The molecule has 170 valence electrons. The SMILES string of the molecule is CNc1nc(C2CCCCN2C(=O)COc2ccc(F)cc2)nc2c1CN(C(C)=O)CC2. The van der Waals surface area contributed by atoms with E-state index in [1.165, 1.54) is 24.3 Å². The minimum Gasteiger partial charge on any atom is -0.484 e. The van der Waals surface area contributed by atoms with Crippen LogP contribution in [-0.2, 0) is 22.6 Å². The fraction of sp³-hybridized carbons (Fsp3) is 0.478. The standard InChI is InChI=1S/C23H28FN5O3/c1-15(30)28-12-10-19-18(13-28)22(25-2)27-23(26-19)20-5-3-4-11-29(20)21(31)14-32-17-8-6-16(24)7-9-17/h6-9,20H,3-5,10-14H2,1-2H3,(H,25,26,27). The summed E-state index contributed by atoms with van der Waals surface area (Å²) in [5.41, 5.74) is 1.86. The summed E-state index contributed by atoms with van der Waals surface area (Å²) < 4.78 is 18.7. The summed E-state index contributed by atoms with van der Waals surface area (Å²) in [6.07, 6.45) is 3.34. The molecule has 1 N–H and O–H groups in total. The van der Waals surface area contributed by atoms with Gasteiger partial charge in [-0.2, -0.15) is 0 Å². The third-order valence-corrected chi connectivity index (χ3v) is 6.06. The van der Waals surface area contributed by atoms with Gasteiger partial charge in [0.05, 0.1) is 18.3 Å². The van der Waals surface area contributed by atoms with Gasteiger partial charge in [-0.3, -0.25) is 9.59 Å². The van der Waals surface area contributed by atoms with Crippen molar-refractivity contribution < 1.29 is 18.7 Å². The van der Waals surface area contributed by atoms with Crippen LogP contribution in [0.4, 0.5) is 10.2 Å². The molecule has 9 heteroatoms. The second-order valence-electron chi connectivity index (χ2n) is 8.14. The van der Waals surface area contributed by atoms with Crippen molar-refractivity contribution in [3.63, 3.8) is 0 Å². The summed E-state index contributed by atoms with van der Waals surface area (Å²) in [5.74, 6) is 1.32. The molecule has 0 saturated carbocycles. The van der Waals surface area contributed by atoms with E-state index in [9.17, 15) is 14.0 Å². The minimum absolute atomic E-state index is 0.0342. The molecule has 1 aromatic carbocycles. The van der Waals surface area contributed by atoms with Gasteiger partial charge in [0.25, 0.3) is 5.91 Å². The molecule has 0 bridgehead atoms. The second kappa shape index (κ2) is 9.50. The predicted molar refractivity (Wildman–Crippen MR) is 117 cm³/mol. The Hall–Kier alpha value is -3.23. The van der Waals surface area contributed by atoms with Crippen molar-refractivity contribution in [2.24, 2.45) is 0 Å². The lowest BCUT2D eigenvalue weighted by Gasteiger charge is -2.36. The molecule has 1 fully saturated rings. The van der Waals surface area contributed by atoms with Crippen molar-refractivity contribution in [2.45, 2.75) is 45.2 Å². The number of hydrogen-bond donors (Lipinski definition) is 1. The van der Waals surface area contributed by atoms with Gasteiger partial charge in [0, 0.05) is 39.0 Å². The van der Waals surface area contributed by atoms with E-state index < -0.39 is 0 Å². The Kier molecular flexibility index (Phi) is 6.53. The molecular formula is C23H28FN5O3. The van der Waals surface area contributed by atoms with Crippen LogP contribution in [0, 0.1) is 5.82 Å². The number of carbonyl (C=O) groups is 2. The van der Waals surface area contributed by atoms with E-state index in [-0.39, 0.29) is 30.3 Å². The van der Waals surface area contributed by atoms with Crippen LogP contribution in [0.2, 0.25) is 0 Å². The van der Waals surface area contributed by atoms with Crippen LogP contribution < -0.4 is 10.1 Å². The first-order valence-corrected chi connectivity index (χ1v) is 11.0. The quantitative estimate of drug-likeness (QED) is 0.768. The van der Waals surface area contributed by atoms with Crippen molar-refractivity contribution in [2.75, 3.05) is 32.1 Å². The van der Waals surface area contributed by atoms with Crippen molar-refractivity contribution in [1.29, 1.82) is 0 Å². The molecule has 1 aromatic heterocycles. The van der Waals surface area contributed by atoms with Gasteiger partial charge in [-0.1, -0.05) is 0 Å². The van der Waals surface area contributed by atoms with Gasteiger partial charge in [-0.05, 0) is 43.5 Å². The average molecular weight is 442 g/mol. The Morgan fingerprint density at radius 1 is 1.19 bits per heavy atom. The third-order valence-electron chi connectivity index (χ3n) is 6.06. The number of carbonyl (C=O) groups excluding carboxylic acids is 2. The van der Waals surface area contributed by atoms with E-state index in [0.717, 1.165) is 30.5 Å². The van der Waals surface area contributed by atoms with Crippen LogP contribution in [0.25, 0.3) is 0 Å². The first-order chi connectivity index (χ1) is 15.5. The van der Waals surface area contributed by atoms with Crippen LogP contribution in [0.3, 0.4) is 0 Å². The van der Waals surface area contributed by atoms with E-state index in [1.807, 2.05) is 0 Å². The van der Waals surface area contributed by atoms with Gasteiger partial charge in [0.15, 0.2) is 12.4 Å². The highest BCUT2D eigenvalue weighted by Crippen LogP contribution is 2.32. The van der Waals surface area contributed by atoms with Crippen LogP contribution >= 0.6 is 0 Å². The van der Waals surface area contributed by atoms with Gasteiger partial charge >= 0.3 is 0 Å². The molecular weight excluding hydrogens is 413 g/mol. The van der Waals surface area contributed by atoms with E-state index in [2.05, 4.69) is 5.32 Å². The van der Waals surface area contributed by atoms with Crippen molar-refractivity contribution in [1.82, 2.24) is 19.8 Å². The third kappa shape index (κ3) is 4.66. The van der Waals surface area contributed by atoms with Crippen LogP contribution in [0.5, 0.6) is 5.75 Å². The van der Waals surface area contributed by atoms with Gasteiger partial charge in [0.2, 0.25) is 5.91 Å². The molecule has 1 unspecified atom stereocenters. The Morgan fingerprint density at radius 2 is 1.97 bits per heavy atom. The molecule has 3 heterocycles. The molecule has 0 aliphatic carbocycles. The Balaban J connectivity index is 1.53. The van der Waals surface area contributed by atoms with E-state index >= 15 is 0 Å². The van der Waals surface area contributed by atoms with Gasteiger partial charge in [-0.15, -0.1) is 0 Å². The average Bonchev–Trinajstić information content (AvgIpc) is 2.82. The molecule has 1 atom stereocenters. The summed E-state index contributed by atoms with van der Waals surface area (Å²) in [6.45, 7) is 3.17. The molecule has 2 aromatic rings. The van der Waals surface area contributed by atoms with Gasteiger partial charge in [0.1, 0.15) is 17.4 Å². The number of hydrogen-bond acceptors (Lipinski definition) is 6. The predicted octanol–water partition coefficient (Wildman–Crippen LogP) is 2.69. The zero-order valence-corrected chi connectivity index (χ0v) is 18.4. The maximum absolute atomic E-state index is 13.1. The van der Waals surface area contributed by atoms with Crippen molar-refractivity contribution >= 4 is 17.6 Å². The number of piperidine rings is 1. The van der Waals surface area contributed by atoms with Gasteiger partial charge in [-0.25, -0.2) is 14.4 Å². The Labute approximate surface area is 186 Å². The number of ether oxygens (including phenoxy) is 1. The molecule has 0 radical (unpaired) electrons. The lowest BCUT2D eigenvalue weighted by molar-refractivity contribution is -0.137. The topological polar surface area (TPSA) is 87.7 Å². The fourth-order valence-electron chi connectivity index (χ4n) is 4.32. The Bertz CT molecular complexity index is 981. The number of anilines is 1. The summed E-state index contributed by atoms with van der Waals surface area (Å²) in [6, 6.07) is 5.39. The normalized spacial score (nSPS) is 18.2. The highest BCUT2D eigenvalue weighted by Gasteiger charge is 2.32. The van der Waals surface area contributed by atoms with Crippen LogP contribution in [0.15, 0.2) is 24.3 Å². The highest BCUT2D eigenvalue weighted by atomic mass is 19.1. The van der Waals surface area contributed by atoms with Crippen molar-refractivity contribution in [3.8, 4) is 5.75 Å². The molecule has 4 rings (SSSR count). The van der Waals surface area contributed by atoms with Crippen molar-refractivity contribution in [3.05, 3.63) is 47.2 Å². The number of benzene rings is 1. The van der Waals surface area contributed by atoms with E-state index in [4.69, 9.17) is 14.7 Å². The van der Waals surface area contributed by atoms with Crippen LogP contribution in [0.1, 0.15) is 49.3 Å². The highest BCUT2D eigenvalue weighted by molar-refractivity contribution is 5.78. The number of nitrogens with one attached hydrogen (secondary N) is 1. The number of likely N-dealkylation sites (tertiary alicyclic amines) is 1. The van der Waals surface area contributed by atoms with E-state index in [0.29, 0.717) is 43.4 Å². The molecule has 0 spiro atoms. The lowest BCUT2D eigenvalue weighted by atomic mass is 10.00. The summed E-state index contributed by atoms with van der Waals surface area (Å²) in [7, 11) is 1.80. The van der Waals surface area contributed by atoms with Crippen LogP contribution in [-0.4, -0.2) is 58.3 Å². The number of nitrogens with zero attached hydrogens (tertiary/aromatic N) is 4. The molecule has 2 aliphatic heterocycles. The first kappa shape index (κ1) is 22.0. The number of fused-ring (bicyclic) bond motifs is 1. The number of amides is 2. The zero-order valence-electron chi connectivity index (χ0n) is 18.4. The molecule has 2 amide bonds. The number of aromatic nitrogens is 2. The number of halogens is 1. The molecule has 2 aliphatic rings. The summed E-state index contributed by atoms with van der Waals surface area (Å²) >= 11 is 0. The Morgan fingerprint density at radius 3 is 2.69 bits per heavy atom. The largest absolute Gasteiger partial charge is 0.484 e. The minimum atomic E-state index is -0.351. The zero-order chi connectivity index (χ0) is 22.7. The maximum Gasteiger partial charge on any atom is 0.261 e. The van der Waals surface area contributed by atoms with E-state index in [1.54, 1.807) is 23.8 Å². The fourth-order valence-corrected chi connectivity index (χ4v) is 4.32. The second-order valence-corrected chi connectivity index (χ2v) is 8.14.